The van der Waals surface area contributed by atoms with E-state index in [1.54, 1.807) is 12.3 Å². The second kappa shape index (κ2) is 5.31. The maximum atomic E-state index is 11.5. The van der Waals surface area contributed by atoms with E-state index in [0.29, 0.717) is 30.0 Å². The van der Waals surface area contributed by atoms with Gasteiger partial charge in [0.25, 0.3) is 0 Å². The normalized spacial score (nSPS) is 16.3. The predicted octanol–water partition coefficient (Wildman–Crippen LogP) is 2.77. The molecule has 0 saturated heterocycles. The molecule has 110 valence electrons. The summed E-state index contributed by atoms with van der Waals surface area (Å²) in [5.41, 5.74) is -0.232. The van der Waals surface area contributed by atoms with E-state index in [2.05, 4.69) is 4.98 Å². The van der Waals surface area contributed by atoms with Gasteiger partial charge in [-0.2, -0.15) is 0 Å². The molecule has 1 aromatic rings. The van der Waals surface area contributed by atoms with Crippen molar-refractivity contribution in [3.8, 4) is 11.6 Å². The molecule has 0 aromatic carbocycles. The van der Waals surface area contributed by atoms with Crippen LogP contribution in [0.15, 0.2) is 12.3 Å². The Kier molecular flexibility index (Phi) is 3.88. The Labute approximate surface area is 118 Å². The lowest BCUT2D eigenvalue weighted by molar-refractivity contribution is -0.140. The second-order valence-corrected chi connectivity index (χ2v) is 5.74. The van der Waals surface area contributed by atoms with Crippen LogP contribution in [0.4, 0.5) is 0 Å². The second-order valence-electron chi connectivity index (χ2n) is 5.74. The zero-order chi connectivity index (χ0) is 14.9. The highest BCUT2D eigenvalue weighted by Gasteiger charge is 2.54. The number of ether oxygens (including phenoxy) is 2. The van der Waals surface area contributed by atoms with Crippen LogP contribution in [0.2, 0.25) is 0 Å². The van der Waals surface area contributed by atoms with E-state index in [-0.39, 0.29) is 12.2 Å². The Bertz CT molecular complexity index is 507. The van der Waals surface area contributed by atoms with Crippen molar-refractivity contribution in [2.24, 2.45) is 0 Å². The molecule has 1 aromatic heterocycles. The highest BCUT2D eigenvalue weighted by atomic mass is 16.5. The molecule has 0 atom stereocenters. The number of rotatable bonds is 6. The first kappa shape index (κ1) is 14.6. The highest BCUT2D eigenvalue weighted by molar-refractivity contribution is 5.85. The summed E-state index contributed by atoms with van der Waals surface area (Å²) in [5, 5.41) is 9.46. The van der Waals surface area contributed by atoms with Gasteiger partial charge in [-0.05, 0) is 46.6 Å². The molecule has 0 unspecified atom stereocenters. The average molecular weight is 279 g/mol. The van der Waals surface area contributed by atoms with Gasteiger partial charge in [0.1, 0.15) is 5.75 Å². The summed E-state index contributed by atoms with van der Waals surface area (Å²) in [5.74, 6) is 0.157. The monoisotopic (exact) mass is 279 g/mol. The third-order valence-electron chi connectivity index (χ3n) is 3.22. The summed E-state index contributed by atoms with van der Waals surface area (Å²) in [6.45, 7) is 7.62. The molecule has 1 N–H and O–H groups in total. The van der Waals surface area contributed by atoms with E-state index in [1.807, 2.05) is 27.7 Å². The third-order valence-corrected chi connectivity index (χ3v) is 3.22. The van der Waals surface area contributed by atoms with Gasteiger partial charge in [-0.15, -0.1) is 0 Å². The van der Waals surface area contributed by atoms with Crippen LogP contribution in [0.3, 0.4) is 0 Å². The standard InChI is InChI=1S/C15H21NO4/c1-9(2)19-11-7-12(15(5-6-15)14(17)18)13(16-8-11)20-10(3)4/h7-10H,5-6H2,1-4H3,(H,17,18). The van der Waals surface area contributed by atoms with Crippen molar-refractivity contribution in [2.75, 3.05) is 0 Å². The maximum absolute atomic E-state index is 11.5. The minimum absolute atomic E-state index is 0.0153. The number of hydrogen-bond acceptors (Lipinski definition) is 4. The van der Waals surface area contributed by atoms with Crippen LogP contribution in [0, 0.1) is 0 Å². The zero-order valence-corrected chi connectivity index (χ0v) is 12.3. The fraction of sp³-hybridized carbons (Fsp3) is 0.600. The Morgan fingerprint density at radius 3 is 2.30 bits per heavy atom. The Balaban J connectivity index is 2.41. The molecular weight excluding hydrogens is 258 g/mol. The van der Waals surface area contributed by atoms with Crippen molar-refractivity contribution in [3.63, 3.8) is 0 Å². The Morgan fingerprint density at radius 2 is 1.85 bits per heavy atom. The van der Waals surface area contributed by atoms with E-state index in [0.717, 1.165) is 0 Å². The number of hydrogen-bond donors (Lipinski definition) is 1. The van der Waals surface area contributed by atoms with Gasteiger partial charge in [-0.3, -0.25) is 4.79 Å². The van der Waals surface area contributed by atoms with Gasteiger partial charge in [0.05, 0.1) is 23.8 Å². The number of carboxylic acids is 1. The van der Waals surface area contributed by atoms with Gasteiger partial charge >= 0.3 is 5.97 Å². The van der Waals surface area contributed by atoms with E-state index in [1.165, 1.54) is 0 Å². The molecule has 0 amide bonds. The minimum atomic E-state index is -0.854. The molecule has 1 fully saturated rings. The number of carboxylic acid groups (broad SMARTS) is 1. The highest BCUT2D eigenvalue weighted by Crippen LogP contribution is 2.51. The van der Waals surface area contributed by atoms with Crippen LogP contribution >= 0.6 is 0 Å². The lowest BCUT2D eigenvalue weighted by Gasteiger charge is -2.19. The smallest absolute Gasteiger partial charge is 0.314 e. The van der Waals surface area contributed by atoms with E-state index in [4.69, 9.17) is 9.47 Å². The first-order valence-corrected chi connectivity index (χ1v) is 6.92. The van der Waals surface area contributed by atoms with Gasteiger partial charge < -0.3 is 14.6 Å². The molecular formula is C15H21NO4. The molecule has 5 nitrogen and oxygen atoms in total. The van der Waals surface area contributed by atoms with Crippen LogP contribution < -0.4 is 9.47 Å². The van der Waals surface area contributed by atoms with Crippen molar-refractivity contribution < 1.29 is 19.4 Å². The molecule has 1 heterocycles. The molecule has 1 saturated carbocycles. The number of aliphatic carboxylic acids is 1. The van der Waals surface area contributed by atoms with Crippen LogP contribution in [-0.4, -0.2) is 28.3 Å². The van der Waals surface area contributed by atoms with Crippen molar-refractivity contribution >= 4 is 5.97 Å². The van der Waals surface area contributed by atoms with E-state index >= 15 is 0 Å². The fourth-order valence-electron chi connectivity index (χ4n) is 2.15. The quantitative estimate of drug-likeness (QED) is 0.867. The van der Waals surface area contributed by atoms with Crippen molar-refractivity contribution in [1.29, 1.82) is 0 Å². The zero-order valence-electron chi connectivity index (χ0n) is 12.3. The Morgan fingerprint density at radius 1 is 1.25 bits per heavy atom. The maximum Gasteiger partial charge on any atom is 0.314 e. The SMILES string of the molecule is CC(C)Oc1cnc(OC(C)C)c(C2(C(=O)O)CC2)c1. The number of carbonyl (C=O) groups is 1. The molecule has 2 rings (SSSR count). The Hall–Kier alpha value is -1.78. The van der Waals surface area contributed by atoms with Crippen molar-refractivity contribution in [3.05, 3.63) is 17.8 Å². The van der Waals surface area contributed by atoms with Crippen molar-refractivity contribution in [1.82, 2.24) is 4.98 Å². The predicted molar refractivity (Wildman–Crippen MR) is 74.3 cm³/mol. The summed E-state index contributed by atoms with van der Waals surface area (Å²) in [6, 6.07) is 1.76. The third kappa shape index (κ3) is 2.86. The lowest BCUT2D eigenvalue weighted by Crippen LogP contribution is -2.22. The van der Waals surface area contributed by atoms with Crippen molar-refractivity contribution in [2.45, 2.75) is 58.2 Å². The molecule has 1 aliphatic rings. The average Bonchev–Trinajstić information content (AvgIpc) is 3.11. The van der Waals surface area contributed by atoms with E-state index < -0.39 is 11.4 Å². The van der Waals surface area contributed by atoms with Crippen LogP contribution in [0.5, 0.6) is 11.6 Å². The molecule has 0 radical (unpaired) electrons. The number of aromatic nitrogens is 1. The van der Waals surface area contributed by atoms with Crippen LogP contribution in [0.25, 0.3) is 0 Å². The van der Waals surface area contributed by atoms with Gasteiger partial charge in [0.2, 0.25) is 5.88 Å². The molecule has 1 aliphatic carbocycles. The van der Waals surface area contributed by atoms with Gasteiger partial charge in [-0.25, -0.2) is 4.98 Å². The molecule has 0 aliphatic heterocycles. The molecule has 20 heavy (non-hydrogen) atoms. The summed E-state index contributed by atoms with van der Waals surface area (Å²) in [6.07, 6.45) is 2.77. The first-order valence-electron chi connectivity index (χ1n) is 6.92. The molecule has 0 spiro atoms. The molecule has 5 heteroatoms. The summed E-state index contributed by atoms with van der Waals surface area (Å²) >= 11 is 0. The van der Waals surface area contributed by atoms with Crippen LogP contribution in [-0.2, 0) is 10.2 Å². The topological polar surface area (TPSA) is 68.7 Å². The van der Waals surface area contributed by atoms with Gasteiger partial charge in [-0.1, -0.05) is 0 Å². The fourth-order valence-corrected chi connectivity index (χ4v) is 2.15. The largest absolute Gasteiger partial charge is 0.489 e. The van der Waals surface area contributed by atoms with Crippen LogP contribution in [0.1, 0.15) is 46.1 Å². The number of nitrogens with zero attached hydrogens (tertiary/aromatic N) is 1. The first-order chi connectivity index (χ1) is 9.35. The van der Waals surface area contributed by atoms with Gasteiger partial charge in [0.15, 0.2) is 0 Å². The summed E-state index contributed by atoms with van der Waals surface area (Å²) in [7, 11) is 0. The van der Waals surface area contributed by atoms with E-state index in [9.17, 15) is 9.90 Å². The number of pyridine rings is 1. The molecule has 0 bridgehead atoms. The van der Waals surface area contributed by atoms with Gasteiger partial charge in [0, 0.05) is 5.56 Å². The summed E-state index contributed by atoms with van der Waals surface area (Å²) < 4.78 is 11.3. The summed E-state index contributed by atoms with van der Waals surface area (Å²) in [4.78, 5) is 15.8. The minimum Gasteiger partial charge on any atom is -0.489 e. The lowest BCUT2D eigenvalue weighted by atomic mass is 9.97.